The summed E-state index contributed by atoms with van der Waals surface area (Å²) in [7, 11) is 0. The van der Waals surface area contributed by atoms with Crippen molar-refractivity contribution >= 4 is 0 Å². The van der Waals surface area contributed by atoms with E-state index in [1.54, 1.807) is 12.1 Å². The van der Waals surface area contributed by atoms with Crippen LogP contribution in [0.25, 0.3) is 0 Å². The second-order valence-corrected chi connectivity index (χ2v) is 13.9. The van der Waals surface area contributed by atoms with Crippen molar-refractivity contribution in [1.82, 2.24) is 5.32 Å². The van der Waals surface area contributed by atoms with Gasteiger partial charge < -0.3 is 36.8 Å². The van der Waals surface area contributed by atoms with Crippen LogP contribution in [-0.4, -0.2) is 51.7 Å². The first-order valence-electron chi connectivity index (χ1n) is 18.9. The van der Waals surface area contributed by atoms with Gasteiger partial charge in [-0.2, -0.15) is 0 Å². The van der Waals surface area contributed by atoms with Crippen molar-refractivity contribution in [1.29, 1.82) is 0 Å². The second-order valence-electron chi connectivity index (χ2n) is 13.9. The van der Waals surface area contributed by atoms with Gasteiger partial charge in [0.25, 0.3) is 0 Å². The van der Waals surface area contributed by atoms with Crippen LogP contribution in [0.4, 0.5) is 0 Å². The van der Waals surface area contributed by atoms with Gasteiger partial charge in [-0.05, 0) is 48.1 Å². The van der Waals surface area contributed by atoms with E-state index in [4.69, 9.17) is 0 Å². The van der Waals surface area contributed by atoms with Gasteiger partial charge in [-0.25, -0.2) is 0 Å². The number of aromatic hydroxyl groups is 2. The highest BCUT2D eigenvalue weighted by molar-refractivity contribution is 5.33. The Morgan fingerprint density at radius 1 is 0.580 bits per heavy atom. The number of benzene rings is 4. The van der Waals surface area contributed by atoms with E-state index in [1.807, 2.05) is 36.4 Å². The minimum Gasteiger partial charge on any atom is -1.00 e. The highest BCUT2D eigenvalue weighted by Crippen LogP contribution is 2.28. The summed E-state index contributed by atoms with van der Waals surface area (Å²) in [6, 6.07) is 36.7. The Morgan fingerprint density at radius 3 is 1.68 bits per heavy atom. The average molecular weight is 746 g/mol. The van der Waals surface area contributed by atoms with Gasteiger partial charge in [-0.1, -0.05) is 155 Å². The largest absolute Gasteiger partial charge is 1.00 e. The molecule has 0 bridgehead atoms. The monoisotopic (exact) mass is 744 g/mol. The number of quaternary nitrogens is 1. The quantitative estimate of drug-likeness (QED) is 0.0384. The summed E-state index contributed by atoms with van der Waals surface area (Å²) in [5.41, 5.74) is 4.38. The first kappa shape index (κ1) is 41.3. The predicted octanol–water partition coefficient (Wildman–Crippen LogP) is 6.34. The number of hydrogen-bond donors (Lipinski definition) is 4. The maximum absolute atomic E-state index is 10.8. The lowest BCUT2D eigenvalue weighted by Gasteiger charge is -2.47. The van der Waals surface area contributed by atoms with Gasteiger partial charge in [0.15, 0.2) is 0 Å². The molecule has 0 aromatic heterocycles. The number of rotatable bonds is 24. The highest BCUT2D eigenvalue weighted by Gasteiger charge is 2.38. The Labute approximate surface area is 312 Å². The number of para-hydroxylation sites is 2. The molecule has 0 aliphatic carbocycles. The standard InChI is InChI=1S/C44H60N2O3.BrH/c1-2-3-4-5-6-7-8-9-16-29-44(45-41(34-37-21-12-10-13-22-37)35-40-26-18-20-28-43(40)49)46(32-33-47,36-38-23-14-11-15-24-38)31-30-39-25-17-19-27-42(39)48;/h10-15,17-28,41,44-45,47H,2-9,16,29-36H2,1H3,(H-,48,49);1H. The fourth-order valence-electron chi connectivity index (χ4n) is 7.38. The molecule has 4 rings (SSSR count). The van der Waals surface area contributed by atoms with Crippen molar-refractivity contribution in [2.24, 2.45) is 0 Å². The number of phenolic OH excluding ortho intramolecular Hbond substituents is 2. The lowest BCUT2D eigenvalue weighted by atomic mass is 9.96. The number of halogens is 1. The van der Waals surface area contributed by atoms with Gasteiger partial charge in [0, 0.05) is 24.4 Å². The number of nitrogens with one attached hydrogen (secondary N) is 1. The number of hydrogen-bond acceptors (Lipinski definition) is 4. The molecule has 272 valence electrons. The predicted molar refractivity (Wildman–Crippen MR) is 204 cm³/mol. The third-order valence-corrected chi connectivity index (χ3v) is 10.2. The van der Waals surface area contributed by atoms with E-state index in [1.165, 1.54) is 62.5 Å². The summed E-state index contributed by atoms with van der Waals surface area (Å²) in [4.78, 5) is 0. The number of nitrogens with zero attached hydrogens (tertiary/aromatic N) is 1. The summed E-state index contributed by atoms with van der Waals surface area (Å²) in [5, 5.41) is 36.5. The summed E-state index contributed by atoms with van der Waals surface area (Å²) in [6.07, 6.45) is 14.7. The summed E-state index contributed by atoms with van der Waals surface area (Å²) in [6.45, 7) is 4.50. The maximum Gasteiger partial charge on any atom is 0.143 e. The van der Waals surface area contributed by atoms with Gasteiger partial charge >= 0.3 is 0 Å². The van der Waals surface area contributed by atoms with Crippen LogP contribution >= 0.6 is 0 Å². The molecular weight excluding hydrogens is 684 g/mol. The Hall–Kier alpha value is -3.16. The van der Waals surface area contributed by atoms with E-state index < -0.39 is 0 Å². The van der Waals surface area contributed by atoms with Gasteiger partial charge in [-0.3, -0.25) is 5.32 Å². The molecule has 0 heterocycles. The van der Waals surface area contributed by atoms with Crippen LogP contribution in [0.5, 0.6) is 11.5 Å². The zero-order chi connectivity index (χ0) is 34.6. The molecule has 3 unspecified atom stereocenters. The zero-order valence-electron chi connectivity index (χ0n) is 30.2. The molecule has 4 N–H and O–H groups in total. The lowest BCUT2D eigenvalue weighted by molar-refractivity contribution is -0.967. The van der Waals surface area contributed by atoms with Gasteiger partial charge in [-0.15, -0.1) is 0 Å². The molecule has 4 aromatic carbocycles. The number of phenols is 2. The minimum atomic E-state index is 0. The molecule has 4 aromatic rings. The van der Waals surface area contributed by atoms with Crippen molar-refractivity contribution in [3.8, 4) is 11.5 Å². The molecule has 6 heteroatoms. The summed E-state index contributed by atoms with van der Waals surface area (Å²) < 4.78 is 0.665. The van der Waals surface area contributed by atoms with Crippen LogP contribution in [0.2, 0.25) is 0 Å². The first-order valence-corrected chi connectivity index (χ1v) is 18.9. The molecule has 0 fully saturated rings. The average Bonchev–Trinajstić information content (AvgIpc) is 3.12. The van der Waals surface area contributed by atoms with E-state index in [9.17, 15) is 15.3 Å². The Balaban J connectivity index is 0.00000676. The maximum atomic E-state index is 10.8. The van der Waals surface area contributed by atoms with E-state index in [-0.39, 0.29) is 35.8 Å². The Kier molecular flexibility index (Phi) is 19.3. The van der Waals surface area contributed by atoms with Gasteiger partial charge in [0.1, 0.15) is 30.8 Å². The van der Waals surface area contributed by atoms with E-state index in [0.29, 0.717) is 35.4 Å². The first-order chi connectivity index (χ1) is 24.0. The third-order valence-electron chi connectivity index (χ3n) is 10.2. The zero-order valence-corrected chi connectivity index (χ0v) is 31.8. The van der Waals surface area contributed by atoms with Crippen LogP contribution < -0.4 is 22.3 Å². The molecular formula is C44H61BrN2O3. The van der Waals surface area contributed by atoms with Crippen molar-refractivity contribution in [2.75, 3.05) is 19.7 Å². The molecule has 50 heavy (non-hydrogen) atoms. The Bertz CT molecular complexity index is 1450. The summed E-state index contributed by atoms with van der Waals surface area (Å²) >= 11 is 0. The molecule has 0 radical (unpaired) electrons. The van der Waals surface area contributed by atoms with Gasteiger partial charge in [0.05, 0.1) is 13.2 Å². The minimum absolute atomic E-state index is 0. The lowest BCUT2D eigenvalue weighted by Crippen LogP contribution is -3.00. The Morgan fingerprint density at radius 2 is 1.10 bits per heavy atom. The summed E-state index contributed by atoms with van der Waals surface area (Å²) in [5.74, 6) is 0.659. The SMILES string of the molecule is CCCCCCCCCCCC(NC(Cc1ccccc1)Cc1ccccc1O)[N+](CCO)(CCc1ccccc1O)Cc1ccccc1.[Br-]. The smallest absolute Gasteiger partial charge is 0.143 e. The fourth-order valence-corrected chi connectivity index (χ4v) is 7.38. The number of aliphatic hydroxyl groups is 1. The van der Waals surface area contributed by atoms with Crippen molar-refractivity contribution in [3.63, 3.8) is 0 Å². The van der Waals surface area contributed by atoms with Crippen LogP contribution in [-0.2, 0) is 25.8 Å². The molecule has 3 atom stereocenters. The second kappa shape index (κ2) is 23.3. The van der Waals surface area contributed by atoms with Crippen molar-refractivity contribution in [2.45, 2.75) is 109 Å². The third kappa shape index (κ3) is 13.9. The van der Waals surface area contributed by atoms with Gasteiger partial charge in [0.2, 0.25) is 0 Å². The van der Waals surface area contributed by atoms with Crippen molar-refractivity contribution < 1.29 is 36.8 Å². The van der Waals surface area contributed by atoms with E-state index in [0.717, 1.165) is 43.5 Å². The number of aliphatic hydroxyl groups excluding tert-OH is 1. The molecule has 0 spiro atoms. The molecule has 0 amide bonds. The number of unbranched alkanes of at least 4 members (excludes halogenated alkanes) is 8. The van der Waals surface area contributed by atoms with E-state index >= 15 is 0 Å². The normalized spacial score (nSPS) is 13.6. The molecule has 0 aliphatic rings. The van der Waals surface area contributed by atoms with E-state index in [2.05, 4.69) is 72.9 Å². The van der Waals surface area contributed by atoms with Crippen LogP contribution in [0.1, 0.15) is 93.4 Å². The molecule has 0 saturated carbocycles. The van der Waals surface area contributed by atoms with Crippen molar-refractivity contribution in [3.05, 3.63) is 131 Å². The van der Waals surface area contributed by atoms with Crippen LogP contribution in [0.3, 0.4) is 0 Å². The molecule has 0 aliphatic heterocycles. The van der Waals surface area contributed by atoms with Crippen LogP contribution in [0, 0.1) is 0 Å². The van der Waals surface area contributed by atoms with Crippen LogP contribution in [0.15, 0.2) is 109 Å². The molecule has 0 saturated heterocycles. The highest BCUT2D eigenvalue weighted by atomic mass is 79.9. The topological polar surface area (TPSA) is 72.7 Å². The molecule has 5 nitrogen and oxygen atoms in total. The fraction of sp³-hybridized carbons (Fsp3) is 0.455.